The van der Waals surface area contributed by atoms with Crippen molar-refractivity contribution in [2.75, 3.05) is 7.05 Å². The third kappa shape index (κ3) is 4.28. The van der Waals surface area contributed by atoms with Gasteiger partial charge in [0.25, 0.3) is 0 Å². The normalized spacial score (nSPS) is 11.9. The van der Waals surface area contributed by atoms with Crippen LogP contribution in [0, 0.1) is 0 Å². The number of aromatic nitrogens is 2. The first-order chi connectivity index (χ1) is 9.69. The van der Waals surface area contributed by atoms with Gasteiger partial charge in [-0.25, -0.2) is 9.97 Å². The second-order valence-corrected chi connectivity index (χ2v) is 6.45. The van der Waals surface area contributed by atoms with Crippen molar-refractivity contribution in [3.05, 3.63) is 32.7 Å². The zero-order chi connectivity index (χ0) is 14.4. The maximum Gasteiger partial charge on any atom is 0.191 e. The fraction of sp³-hybridized carbons (Fsp3) is 0.462. The lowest BCUT2D eigenvalue weighted by molar-refractivity contribution is 0.783. The van der Waals surface area contributed by atoms with Crippen LogP contribution in [0.5, 0.6) is 0 Å². The van der Waals surface area contributed by atoms with Crippen LogP contribution in [0.1, 0.15) is 35.5 Å². The second-order valence-electron chi connectivity index (χ2n) is 4.53. The average Bonchev–Trinajstić information content (AvgIpc) is 3.10. The van der Waals surface area contributed by atoms with E-state index in [-0.39, 0.29) is 0 Å². The Morgan fingerprint density at radius 1 is 1.25 bits per heavy atom. The highest BCUT2D eigenvalue weighted by atomic mass is 32.1. The standard InChI is InChI=1S/C13H19N5S2/c1-9(2)10-8-20-12(18-10)7-17-13(14-3)16-6-11-15-4-5-19-11/h4-5,8-9H,6-7H2,1-3H3,(H2,14,16,17). The van der Waals surface area contributed by atoms with Crippen LogP contribution >= 0.6 is 22.7 Å². The summed E-state index contributed by atoms with van der Waals surface area (Å²) >= 11 is 3.31. The largest absolute Gasteiger partial charge is 0.350 e. The van der Waals surface area contributed by atoms with Gasteiger partial charge in [-0.1, -0.05) is 13.8 Å². The Bertz CT molecular complexity index is 545. The molecule has 2 N–H and O–H groups in total. The van der Waals surface area contributed by atoms with Gasteiger partial charge in [0.2, 0.25) is 0 Å². The molecule has 0 radical (unpaired) electrons. The molecule has 20 heavy (non-hydrogen) atoms. The molecule has 5 nitrogen and oxygen atoms in total. The van der Waals surface area contributed by atoms with Crippen molar-refractivity contribution in [1.82, 2.24) is 20.6 Å². The molecule has 2 heterocycles. The molecule has 108 valence electrons. The van der Waals surface area contributed by atoms with E-state index < -0.39 is 0 Å². The van der Waals surface area contributed by atoms with E-state index in [1.165, 1.54) is 0 Å². The van der Waals surface area contributed by atoms with Crippen molar-refractivity contribution in [2.45, 2.75) is 32.9 Å². The zero-order valence-corrected chi connectivity index (χ0v) is 13.5. The van der Waals surface area contributed by atoms with Crippen molar-refractivity contribution < 1.29 is 0 Å². The van der Waals surface area contributed by atoms with E-state index in [0.717, 1.165) is 21.7 Å². The van der Waals surface area contributed by atoms with Crippen LogP contribution in [0.4, 0.5) is 0 Å². The minimum absolute atomic E-state index is 0.474. The van der Waals surface area contributed by atoms with E-state index in [2.05, 4.69) is 44.8 Å². The lowest BCUT2D eigenvalue weighted by Crippen LogP contribution is -2.36. The zero-order valence-electron chi connectivity index (χ0n) is 11.9. The Labute approximate surface area is 127 Å². The van der Waals surface area contributed by atoms with Crippen molar-refractivity contribution in [3.8, 4) is 0 Å². The molecule has 0 fully saturated rings. The minimum Gasteiger partial charge on any atom is -0.350 e. The minimum atomic E-state index is 0.474. The summed E-state index contributed by atoms with van der Waals surface area (Å²) in [6.45, 7) is 5.68. The van der Waals surface area contributed by atoms with Crippen molar-refractivity contribution >= 4 is 28.6 Å². The van der Waals surface area contributed by atoms with Crippen LogP contribution < -0.4 is 10.6 Å². The Balaban J connectivity index is 1.81. The number of guanidine groups is 1. The molecule has 0 aliphatic carbocycles. The molecule has 7 heteroatoms. The Morgan fingerprint density at radius 2 is 2.00 bits per heavy atom. The highest BCUT2D eigenvalue weighted by molar-refractivity contribution is 7.09. The quantitative estimate of drug-likeness (QED) is 0.658. The van der Waals surface area contributed by atoms with Gasteiger partial charge < -0.3 is 10.6 Å². The number of nitrogens with one attached hydrogen (secondary N) is 2. The third-order valence-electron chi connectivity index (χ3n) is 2.68. The van der Waals surface area contributed by atoms with E-state index in [9.17, 15) is 0 Å². The Hall–Kier alpha value is -1.47. The molecular weight excluding hydrogens is 290 g/mol. The van der Waals surface area contributed by atoms with E-state index in [1.54, 1.807) is 35.9 Å². The van der Waals surface area contributed by atoms with Crippen LogP contribution in [0.2, 0.25) is 0 Å². The molecule has 0 saturated heterocycles. The number of hydrogen-bond donors (Lipinski definition) is 2. The van der Waals surface area contributed by atoms with E-state index in [0.29, 0.717) is 19.0 Å². The topological polar surface area (TPSA) is 62.2 Å². The first-order valence-electron chi connectivity index (χ1n) is 6.46. The van der Waals surface area contributed by atoms with Crippen LogP contribution in [0.15, 0.2) is 21.9 Å². The number of hydrogen-bond acceptors (Lipinski definition) is 5. The van der Waals surface area contributed by atoms with Crippen molar-refractivity contribution in [1.29, 1.82) is 0 Å². The first kappa shape index (κ1) is 14.9. The predicted molar refractivity (Wildman–Crippen MR) is 85.4 cm³/mol. The SMILES string of the molecule is CN=C(NCc1nccs1)NCc1nc(C(C)C)cs1. The molecule has 0 aromatic carbocycles. The van der Waals surface area contributed by atoms with E-state index in [4.69, 9.17) is 0 Å². The lowest BCUT2D eigenvalue weighted by atomic mass is 10.2. The van der Waals surface area contributed by atoms with Gasteiger partial charge in [-0.3, -0.25) is 4.99 Å². The van der Waals surface area contributed by atoms with Gasteiger partial charge in [0.1, 0.15) is 10.0 Å². The Morgan fingerprint density at radius 3 is 2.55 bits per heavy atom. The fourth-order valence-corrected chi connectivity index (χ4v) is 3.00. The van der Waals surface area contributed by atoms with Gasteiger partial charge in [-0.15, -0.1) is 22.7 Å². The summed E-state index contributed by atoms with van der Waals surface area (Å²) in [5.41, 5.74) is 1.15. The van der Waals surface area contributed by atoms with E-state index in [1.807, 2.05) is 5.38 Å². The average molecular weight is 309 g/mol. The molecule has 0 aliphatic heterocycles. The highest BCUT2D eigenvalue weighted by Crippen LogP contribution is 2.17. The van der Waals surface area contributed by atoms with Crippen LogP contribution in [0.3, 0.4) is 0 Å². The first-order valence-corrected chi connectivity index (χ1v) is 8.22. The summed E-state index contributed by atoms with van der Waals surface area (Å²) in [5.74, 6) is 1.24. The molecule has 0 saturated carbocycles. The summed E-state index contributed by atoms with van der Waals surface area (Å²) in [7, 11) is 1.76. The molecule has 0 bridgehead atoms. The molecule has 2 aromatic heterocycles. The molecular formula is C13H19N5S2. The summed E-state index contributed by atoms with van der Waals surface area (Å²) in [6, 6.07) is 0. The highest BCUT2D eigenvalue weighted by Gasteiger charge is 2.06. The molecule has 2 rings (SSSR count). The molecule has 0 aliphatic rings. The fourth-order valence-electron chi connectivity index (χ4n) is 1.55. The van der Waals surface area contributed by atoms with Gasteiger partial charge in [0.05, 0.1) is 18.8 Å². The number of nitrogens with zero attached hydrogens (tertiary/aromatic N) is 3. The summed E-state index contributed by atoms with van der Waals surface area (Å²) < 4.78 is 0. The van der Waals surface area contributed by atoms with Gasteiger partial charge in [0, 0.05) is 24.0 Å². The summed E-state index contributed by atoms with van der Waals surface area (Å²) in [4.78, 5) is 13.0. The van der Waals surface area contributed by atoms with Gasteiger partial charge in [-0.05, 0) is 5.92 Å². The molecule has 0 atom stereocenters. The smallest absolute Gasteiger partial charge is 0.191 e. The van der Waals surface area contributed by atoms with Gasteiger partial charge >= 0.3 is 0 Å². The van der Waals surface area contributed by atoms with Gasteiger partial charge in [0.15, 0.2) is 5.96 Å². The monoisotopic (exact) mass is 309 g/mol. The van der Waals surface area contributed by atoms with E-state index >= 15 is 0 Å². The van der Waals surface area contributed by atoms with Gasteiger partial charge in [-0.2, -0.15) is 0 Å². The summed E-state index contributed by atoms with van der Waals surface area (Å²) in [5, 5.41) is 12.7. The van der Waals surface area contributed by atoms with Crippen LogP contribution in [-0.2, 0) is 13.1 Å². The lowest BCUT2D eigenvalue weighted by Gasteiger charge is -2.09. The Kier molecular flexibility index (Phi) is 5.49. The third-order valence-corrected chi connectivity index (χ3v) is 4.33. The molecule has 0 unspecified atom stereocenters. The number of rotatable bonds is 5. The van der Waals surface area contributed by atoms with Crippen LogP contribution in [0.25, 0.3) is 0 Å². The maximum absolute atomic E-state index is 4.59. The molecule has 0 spiro atoms. The van der Waals surface area contributed by atoms with Crippen molar-refractivity contribution in [2.24, 2.45) is 4.99 Å². The number of aliphatic imine (C=N–C) groups is 1. The van der Waals surface area contributed by atoms with Crippen molar-refractivity contribution in [3.63, 3.8) is 0 Å². The predicted octanol–water partition coefficient (Wildman–Crippen LogP) is 2.59. The maximum atomic E-state index is 4.59. The summed E-state index contributed by atoms with van der Waals surface area (Å²) in [6.07, 6.45) is 1.81. The second kappa shape index (κ2) is 7.35. The number of thiazole rings is 2. The molecule has 0 amide bonds. The molecule has 2 aromatic rings. The van der Waals surface area contributed by atoms with Crippen LogP contribution in [-0.4, -0.2) is 23.0 Å².